The maximum atomic E-state index is 13.1. The van der Waals surface area contributed by atoms with Gasteiger partial charge in [-0.15, -0.1) is 11.8 Å². The van der Waals surface area contributed by atoms with Crippen molar-refractivity contribution in [2.45, 2.75) is 11.5 Å². The molecule has 0 heterocycles. The molecule has 0 N–H and O–H groups in total. The minimum absolute atomic E-state index is 0.191. The fourth-order valence-electron chi connectivity index (χ4n) is 0.928. The van der Waals surface area contributed by atoms with Gasteiger partial charge >= 0.3 is 0 Å². The minimum atomic E-state index is -0.191. The van der Waals surface area contributed by atoms with Gasteiger partial charge in [0.2, 0.25) is 0 Å². The molecule has 0 aliphatic heterocycles. The molecule has 66 valence electrons. The third-order valence-electron chi connectivity index (χ3n) is 1.56. The molecule has 0 aliphatic carbocycles. The van der Waals surface area contributed by atoms with Crippen LogP contribution in [0.2, 0.25) is 0 Å². The number of thioether (sulfide) groups is 1. The van der Waals surface area contributed by atoms with Crippen molar-refractivity contribution in [2.24, 2.45) is 0 Å². The highest BCUT2D eigenvalue weighted by Gasteiger charge is 2.01. The molecular weight excluding hydrogens is 175 g/mol. The van der Waals surface area contributed by atoms with Gasteiger partial charge in [-0.25, -0.2) is 4.39 Å². The molecule has 0 bridgehead atoms. The van der Waals surface area contributed by atoms with Crippen molar-refractivity contribution in [1.29, 1.82) is 0 Å². The van der Waals surface area contributed by atoms with E-state index in [1.54, 1.807) is 13.2 Å². The molecule has 0 saturated heterocycles. The molecule has 0 fully saturated rings. The van der Waals surface area contributed by atoms with Crippen molar-refractivity contribution < 1.29 is 9.13 Å². The molecule has 0 aliphatic rings. The lowest BCUT2D eigenvalue weighted by Gasteiger charge is -2.02. The molecule has 12 heavy (non-hydrogen) atoms. The number of ether oxygens (including phenoxy) is 1. The molecular formula is C9H11FOS. The van der Waals surface area contributed by atoms with E-state index in [0.717, 1.165) is 4.90 Å². The van der Waals surface area contributed by atoms with Crippen LogP contribution in [0.25, 0.3) is 0 Å². The van der Waals surface area contributed by atoms with Crippen LogP contribution < -0.4 is 0 Å². The zero-order valence-electron chi connectivity index (χ0n) is 7.13. The molecule has 3 heteroatoms. The summed E-state index contributed by atoms with van der Waals surface area (Å²) >= 11 is 1.53. The second-order valence-electron chi connectivity index (χ2n) is 2.39. The first-order chi connectivity index (χ1) is 5.77. The van der Waals surface area contributed by atoms with E-state index in [9.17, 15) is 4.39 Å². The topological polar surface area (TPSA) is 9.23 Å². The number of hydrogen-bond donors (Lipinski definition) is 0. The maximum Gasteiger partial charge on any atom is 0.129 e. The van der Waals surface area contributed by atoms with Gasteiger partial charge in [0.25, 0.3) is 0 Å². The smallest absolute Gasteiger partial charge is 0.129 e. The zero-order chi connectivity index (χ0) is 8.97. The van der Waals surface area contributed by atoms with Crippen LogP contribution in [0.4, 0.5) is 4.39 Å². The van der Waals surface area contributed by atoms with Crippen LogP contribution in [0, 0.1) is 5.82 Å². The lowest BCUT2D eigenvalue weighted by atomic mass is 10.2. The minimum Gasteiger partial charge on any atom is -0.380 e. The highest BCUT2D eigenvalue weighted by Crippen LogP contribution is 2.18. The van der Waals surface area contributed by atoms with E-state index in [1.165, 1.54) is 17.8 Å². The number of halogens is 1. The molecule has 0 amide bonds. The van der Waals surface area contributed by atoms with Gasteiger partial charge < -0.3 is 4.74 Å². The summed E-state index contributed by atoms with van der Waals surface area (Å²) in [6.45, 7) is 0.334. The monoisotopic (exact) mass is 186 g/mol. The molecule has 0 atom stereocenters. The summed E-state index contributed by atoms with van der Waals surface area (Å²) in [7, 11) is 1.56. The van der Waals surface area contributed by atoms with E-state index in [1.807, 2.05) is 12.3 Å². The van der Waals surface area contributed by atoms with Gasteiger partial charge in [-0.05, 0) is 18.4 Å². The molecule has 0 aromatic heterocycles. The molecule has 1 nitrogen and oxygen atoms in total. The summed E-state index contributed by atoms with van der Waals surface area (Å²) in [6.07, 6.45) is 1.92. The Hall–Kier alpha value is -0.540. The second kappa shape index (κ2) is 4.48. The first-order valence-electron chi connectivity index (χ1n) is 3.59. The molecule has 1 aromatic carbocycles. The Labute approximate surface area is 75.9 Å². The Bertz CT molecular complexity index is 263. The van der Waals surface area contributed by atoms with Crippen LogP contribution in [-0.4, -0.2) is 13.4 Å². The van der Waals surface area contributed by atoms with Gasteiger partial charge in [0.05, 0.1) is 6.61 Å². The van der Waals surface area contributed by atoms with E-state index < -0.39 is 0 Å². The van der Waals surface area contributed by atoms with Crippen molar-refractivity contribution in [2.75, 3.05) is 13.4 Å². The first-order valence-corrected chi connectivity index (χ1v) is 4.81. The highest BCUT2D eigenvalue weighted by molar-refractivity contribution is 7.98. The highest BCUT2D eigenvalue weighted by atomic mass is 32.2. The lowest BCUT2D eigenvalue weighted by Crippen LogP contribution is -1.92. The second-order valence-corrected chi connectivity index (χ2v) is 3.27. The van der Waals surface area contributed by atoms with Gasteiger partial charge in [0.15, 0.2) is 0 Å². The average Bonchev–Trinajstić information content (AvgIpc) is 2.09. The fraction of sp³-hybridized carbons (Fsp3) is 0.333. The molecule has 0 spiro atoms. The molecule has 1 aromatic rings. The average molecular weight is 186 g/mol. The summed E-state index contributed by atoms with van der Waals surface area (Å²) in [5.74, 6) is -0.191. The lowest BCUT2D eigenvalue weighted by molar-refractivity contribution is 0.181. The van der Waals surface area contributed by atoms with E-state index in [2.05, 4.69) is 0 Å². The van der Waals surface area contributed by atoms with Gasteiger partial charge in [-0.3, -0.25) is 0 Å². The van der Waals surface area contributed by atoms with Crippen LogP contribution in [0.1, 0.15) is 5.56 Å². The van der Waals surface area contributed by atoms with Crippen molar-refractivity contribution in [3.8, 4) is 0 Å². The van der Waals surface area contributed by atoms with Gasteiger partial charge in [-0.1, -0.05) is 6.07 Å². The predicted octanol–water partition coefficient (Wildman–Crippen LogP) is 2.69. The zero-order valence-corrected chi connectivity index (χ0v) is 7.95. The van der Waals surface area contributed by atoms with E-state index in [-0.39, 0.29) is 5.82 Å². The Balaban J connectivity index is 2.87. The van der Waals surface area contributed by atoms with Crippen molar-refractivity contribution in [3.63, 3.8) is 0 Å². The van der Waals surface area contributed by atoms with Crippen LogP contribution in [-0.2, 0) is 11.3 Å². The standard InChI is InChI=1S/C9H11FOS/c1-11-6-7-3-4-8(12-2)5-9(7)10/h3-5H,6H2,1-2H3. The Morgan fingerprint density at radius 1 is 1.50 bits per heavy atom. The summed E-state index contributed by atoms with van der Waals surface area (Å²) in [4.78, 5) is 0.937. The van der Waals surface area contributed by atoms with E-state index in [0.29, 0.717) is 12.2 Å². The Morgan fingerprint density at radius 2 is 2.25 bits per heavy atom. The summed E-state index contributed by atoms with van der Waals surface area (Å²) in [5, 5.41) is 0. The van der Waals surface area contributed by atoms with Gasteiger partial charge in [-0.2, -0.15) is 0 Å². The van der Waals surface area contributed by atoms with Crippen LogP contribution in [0.3, 0.4) is 0 Å². The number of hydrogen-bond acceptors (Lipinski definition) is 2. The molecule has 0 saturated carbocycles. The summed E-state index contributed by atoms with van der Waals surface area (Å²) in [5.41, 5.74) is 0.607. The Morgan fingerprint density at radius 3 is 2.75 bits per heavy atom. The van der Waals surface area contributed by atoms with Crippen molar-refractivity contribution in [3.05, 3.63) is 29.6 Å². The van der Waals surface area contributed by atoms with Gasteiger partial charge in [0.1, 0.15) is 5.82 Å². The third kappa shape index (κ3) is 2.22. The summed E-state index contributed by atoms with van der Waals surface area (Å²) < 4.78 is 18.0. The molecule has 0 radical (unpaired) electrons. The summed E-state index contributed by atoms with van der Waals surface area (Å²) in [6, 6.07) is 5.17. The van der Waals surface area contributed by atoms with Crippen molar-refractivity contribution >= 4 is 11.8 Å². The Kier molecular flexibility index (Phi) is 3.56. The van der Waals surface area contributed by atoms with E-state index >= 15 is 0 Å². The van der Waals surface area contributed by atoms with E-state index in [4.69, 9.17) is 4.74 Å². The SMILES string of the molecule is COCc1ccc(SC)cc1F. The van der Waals surface area contributed by atoms with Gasteiger partial charge in [0, 0.05) is 17.6 Å². The van der Waals surface area contributed by atoms with Crippen molar-refractivity contribution in [1.82, 2.24) is 0 Å². The third-order valence-corrected chi connectivity index (χ3v) is 2.29. The fourth-order valence-corrected chi connectivity index (χ4v) is 1.35. The normalized spacial score (nSPS) is 10.2. The molecule has 1 rings (SSSR count). The first kappa shape index (κ1) is 9.55. The maximum absolute atomic E-state index is 13.1. The predicted molar refractivity (Wildman–Crippen MR) is 48.9 cm³/mol. The number of rotatable bonds is 3. The molecule has 0 unspecified atom stereocenters. The number of methoxy groups -OCH3 is 1. The largest absolute Gasteiger partial charge is 0.380 e. The number of benzene rings is 1. The van der Waals surface area contributed by atoms with Crippen LogP contribution >= 0.6 is 11.8 Å². The quantitative estimate of drug-likeness (QED) is 0.671. The van der Waals surface area contributed by atoms with Crippen LogP contribution in [0.15, 0.2) is 23.1 Å². The van der Waals surface area contributed by atoms with Crippen LogP contribution in [0.5, 0.6) is 0 Å².